The summed E-state index contributed by atoms with van der Waals surface area (Å²) in [6.07, 6.45) is 4.26. The Hall–Kier alpha value is -3.19. The van der Waals surface area contributed by atoms with Gasteiger partial charge in [0.1, 0.15) is 35.5 Å². The molecule has 1 aliphatic carbocycles. The first-order valence-corrected chi connectivity index (χ1v) is 15.0. The van der Waals surface area contributed by atoms with E-state index in [0.29, 0.717) is 80.2 Å². The highest BCUT2D eigenvalue weighted by molar-refractivity contribution is 7.16. The Kier molecular flexibility index (Phi) is 6.26. The highest BCUT2D eigenvalue weighted by atomic mass is 32.1. The molecule has 2 aromatic rings. The second kappa shape index (κ2) is 9.72. The molecule has 4 saturated heterocycles. The van der Waals surface area contributed by atoms with E-state index in [2.05, 4.69) is 26.8 Å². The Morgan fingerprint density at radius 3 is 2.65 bits per heavy atom. The monoisotopic (exact) mass is 564 g/mol. The molecule has 10 nitrogen and oxygen atoms in total. The van der Waals surface area contributed by atoms with Gasteiger partial charge >= 0.3 is 6.01 Å². The lowest BCUT2D eigenvalue weighted by Crippen LogP contribution is -2.59. The van der Waals surface area contributed by atoms with Crippen LogP contribution in [0.25, 0.3) is 0 Å². The average molecular weight is 565 g/mol. The molecular formula is C28H33FN8O2S. The van der Waals surface area contributed by atoms with Crippen molar-refractivity contribution in [3.63, 3.8) is 0 Å². The van der Waals surface area contributed by atoms with Crippen molar-refractivity contribution >= 4 is 28.0 Å². The van der Waals surface area contributed by atoms with Crippen LogP contribution in [-0.2, 0) is 16.6 Å². The number of ether oxygens (including phenoxy) is 2. The van der Waals surface area contributed by atoms with Crippen molar-refractivity contribution in [3.05, 3.63) is 21.6 Å². The number of hydrogen-bond donors (Lipinski definition) is 1. The van der Waals surface area contributed by atoms with E-state index < -0.39 is 6.17 Å². The minimum Gasteiger partial charge on any atom is -0.461 e. The number of alkyl halides is 1. The first kappa shape index (κ1) is 25.8. The van der Waals surface area contributed by atoms with Crippen LogP contribution in [0.2, 0.25) is 0 Å². The van der Waals surface area contributed by atoms with Crippen molar-refractivity contribution in [1.82, 2.24) is 14.9 Å². The van der Waals surface area contributed by atoms with Gasteiger partial charge < -0.3 is 25.0 Å². The molecular weight excluding hydrogens is 531 g/mol. The van der Waals surface area contributed by atoms with Crippen LogP contribution in [0, 0.1) is 22.7 Å². The molecule has 0 radical (unpaired) electrons. The van der Waals surface area contributed by atoms with Crippen LogP contribution in [0.15, 0.2) is 0 Å². The number of aromatic nitrogens is 2. The molecule has 6 heterocycles. The fourth-order valence-electron chi connectivity index (χ4n) is 7.62. The lowest BCUT2D eigenvalue weighted by atomic mass is 9.74. The Balaban J connectivity index is 1.22. The molecule has 0 saturated carbocycles. The summed E-state index contributed by atoms with van der Waals surface area (Å²) >= 11 is 1.53. The topological polar surface area (TPSA) is 128 Å². The summed E-state index contributed by atoms with van der Waals surface area (Å²) in [6.45, 7) is 5.55. The highest BCUT2D eigenvalue weighted by Gasteiger charge is 2.53. The summed E-state index contributed by atoms with van der Waals surface area (Å²) in [5.74, 6) is 1.12. The summed E-state index contributed by atoms with van der Waals surface area (Å²) < 4.78 is 26.3. The number of aryl methyl sites for hydroxylation is 1. The maximum Gasteiger partial charge on any atom is 0.320 e. The van der Waals surface area contributed by atoms with E-state index in [9.17, 15) is 14.9 Å². The maximum atomic E-state index is 14.4. The van der Waals surface area contributed by atoms with Crippen LogP contribution < -0.4 is 20.3 Å². The van der Waals surface area contributed by atoms with Gasteiger partial charge in [-0.05, 0) is 44.2 Å². The number of nitrogen functional groups attached to an aromatic ring is 1. The number of anilines is 3. The summed E-state index contributed by atoms with van der Waals surface area (Å²) in [7, 11) is 0. The quantitative estimate of drug-likeness (QED) is 0.579. The minimum atomic E-state index is -0.841. The molecule has 4 aliphatic heterocycles. The van der Waals surface area contributed by atoms with Gasteiger partial charge in [0.05, 0.1) is 17.7 Å². The molecule has 2 atom stereocenters. The Morgan fingerprint density at radius 1 is 1.05 bits per heavy atom. The Labute approximate surface area is 237 Å². The van der Waals surface area contributed by atoms with E-state index in [0.717, 1.165) is 50.8 Å². The molecule has 0 aromatic carbocycles. The van der Waals surface area contributed by atoms with Gasteiger partial charge in [0.2, 0.25) is 0 Å². The summed E-state index contributed by atoms with van der Waals surface area (Å²) in [4.78, 5) is 17.2. The van der Waals surface area contributed by atoms with Gasteiger partial charge in [0.25, 0.3) is 0 Å². The molecule has 0 bridgehead atoms. The van der Waals surface area contributed by atoms with Crippen molar-refractivity contribution in [1.29, 1.82) is 10.5 Å². The smallest absolute Gasteiger partial charge is 0.320 e. The predicted octanol–water partition coefficient (Wildman–Crippen LogP) is 2.75. The van der Waals surface area contributed by atoms with Crippen LogP contribution in [0.4, 0.5) is 21.0 Å². The third kappa shape index (κ3) is 3.99. The first-order valence-electron chi connectivity index (χ1n) is 14.2. The first-order chi connectivity index (χ1) is 19.4. The number of hydrogen-bond acceptors (Lipinski definition) is 11. The number of thiophene rings is 1. The van der Waals surface area contributed by atoms with Crippen LogP contribution in [0.1, 0.15) is 53.7 Å². The number of nitrogens with zero attached hydrogens (tertiary/aromatic N) is 7. The van der Waals surface area contributed by atoms with E-state index in [-0.39, 0.29) is 17.0 Å². The fourth-order valence-corrected chi connectivity index (χ4v) is 8.76. The SMILES string of the molecule is N#Cc1c(N2CCCOCC2)nc(OC[C@@]23CCCN2C[C@H](F)C3)nc1N1CC2(CCc3sc(N)c(C#N)c32)C1. The van der Waals surface area contributed by atoms with Crippen LogP contribution in [0.5, 0.6) is 6.01 Å². The second-order valence-corrected chi connectivity index (χ2v) is 13.0. The van der Waals surface area contributed by atoms with Crippen LogP contribution in [0.3, 0.4) is 0 Å². The van der Waals surface area contributed by atoms with Crippen molar-refractivity contribution in [3.8, 4) is 18.1 Å². The third-order valence-corrected chi connectivity index (χ3v) is 10.6. The molecule has 2 N–H and O–H groups in total. The number of nitrogens with two attached hydrogens (primary N) is 1. The summed E-state index contributed by atoms with van der Waals surface area (Å²) in [5.41, 5.74) is 7.83. The highest BCUT2D eigenvalue weighted by Crippen LogP contribution is 2.53. The molecule has 12 heteroatoms. The van der Waals surface area contributed by atoms with E-state index in [1.807, 2.05) is 0 Å². The van der Waals surface area contributed by atoms with Gasteiger partial charge in [-0.2, -0.15) is 20.5 Å². The average Bonchev–Trinajstić information content (AvgIpc) is 3.58. The van der Waals surface area contributed by atoms with Gasteiger partial charge in [-0.1, -0.05) is 0 Å². The third-order valence-electron chi connectivity index (χ3n) is 9.48. The molecule has 2 aromatic heterocycles. The molecule has 5 aliphatic rings. The van der Waals surface area contributed by atoms with Crippen molar-refractivity contribution in [2.45, 2.75) is 55.7 Å². The number of rotatable bonds is 5. The minimum absolute atomic E-state index is 0.160. The zero-order valence-electron chi connectivity index (χ0n) is 22.5. The number of fused-ring (bicyclic) bond motifs is 3. The lowest BCUT2D eigenvalue weighted by Gasteiger charge is -2.49. The van der Waals surface area contributed by atoms with Crippen LogP contribution in [-0.4, -0.2) is 85.7 Å². The fraction of sp³-hybridized carbons (Fsp3) is 0.643. The van der Waals surface area contributed by atoms with E-state index in [4.69, 9.17) is 25.2 Å². The molecule has 4 fully saturated rings. The van der Waals surface area contributed by atoms with Crippen molar-refractivity contribution in [2.24, 2.45) is 0 Å². The van der Waals surface area contributed by atoms with Crippen LogP contribution >= 0.6 is 11.3 Å². The standard InChI is InChI=1S/C28H33FN8O2S/c29-18-11-28(4-1-7-37(28)14-18)17-39-26-33-24(35-6-2-9-38-10-8-35)20(13-31)25(34-26)36-15-27(16-36)5-3-21-22(27)19(12-30)23(32)40-21/h18H,1-11,14-17,32H2/t18-,28+/m1/s1. The zero-order valence-corrected chi connectivity index (χ0v) is 23.3. The molecule has 0 amide bonds. The van der Waals surface area contributed by atoms with Gasteiger partial charge in [-0.25, -0.2) is 4.39 Å². The molecule has 1 spiro atoms. The molecule has 210 valence electrons. The summed E-state index contributed by atoms with van der Waals surface area (Å²) in [6, 6.07) is 4.94. The van der Waals surface area contributed by atoms with Crippen molar-refractivity contribution in [2.75, 3.05) is 74.6 Å². The Bertz CT molecular complexity index is 1400. The van der Waals surface area contributed by atoms with E-state index in [1.165, 1.54) is 16.2 Å². The molecule has 40 heavy (non-hydrogen) atoms. The van der Waals surface area contributed by atoms with Gasteiger partial charge in [-0.15, -0.1) is 11.3 Å². The normalized spacial score (nSPS) is 27.1. The molecule has 0 unspecified atom stereocenters. The van der Waals surface area contributed by atoms with E-state index in [1.54, 1.807) is 0 Å². The summed E-state index contributed by atoms with van der Waals surface area (Å²) in [5, 5.41) is 20.7. The maximum absolute atomic E-state index is 14.4. The predicted molar refractivity (Wildman–Crippen MR) is 149 cm³/mol. The molecule has 7 rings (SSSR count). The van der Waals surface area contributed by atoms with Gasteiger partial charge in [0.15, 0.2) is 11.6 Å². The number of nitriles is 2. The number of halogens is 1. The second-order valence-electron chi connectivity index (χ2n) is 11.8. The van der Waals surface area contributed by atoms with Gasteiger partial charge in [-0.3, -0.25) is 4.90 Å². The lowest BCUT2D eigenvalue weighted by molar-refractivity contribution is 0.107. The van der Waals surface area contributed by atoms with E-state index >= 15 is 0 Å². The van der Waals surface area contributed by atoms with Gasteiger partial charge in [0, 0.05) is 56.0 Å². The largest absolute Gasteiger partial charge is 0.461 e. The zero-order chi connectivity index (χ0) is 27.5. The Morgan fingerprint density at radius 2 is 1.85 bits per heavy atom. The van der Waals surface area contributed by atoms with Crippen molar-refractivity contribution < 1.29 is 13.9 Å².